The number of hydrogen-bond acceptors (Lipinski definition) is 4. The molecule has 0 saturated carbocycles. The van der Waals surface area contributed by atoms with Crippen molar-refractivity contribution in [1.29, 1.82) is 0 Å². The van der Waals surface area contributed by atoms with Crippen molar-refractivity contribution in [3.63, 3.8) is 0 Å². The van der Waals surface area contributed by atoms with Crippen LogP contribution in [-0.2, 0) is 9.36 Å². The van der Waals surface area contributed by atoms with Crippen LogP contribution in [-0.4, -0.2) is 32.0 Å². The van der Waals surface area contributed by atoms with Gasteiger partial charge in [0.05, 0.1) is 5.52 Å². The summed E-state index contributed by atoms with van der Waals surface area (Å²) in [5, 5.41) is 10.2. The first kappa shape index (κ1) is 14.8. The molecule has 0 saturated heterocycles. The van der Waals surface area contributed by atoms with Gasteiger partial charge in [-0.1, -0.05) is 29.6 Å². The van der Waals surface area contributed by atoms with Gasteiger partial charge in [-0.05, 0) is 12.1 Å². The molecule has 0 spiro atoms. The van der Waals surface area contributed by atoms with Crippen LogP contribution in [0.25, 0.3) is 11.0 Å². The predicted molar refractivity (Wildman–Crippen MR) is 62.0 cm³/mol. The summed E-state index contributed by atoms with van der Waals surface area (Å²) in [4.78, 5) is 23.0. The summed E-state index contributed by atoms with van der Waals surface area (Å²) in [7, 11) is 0. The molecule has 88 valence electrons. The Morgan fingerprint density at radius 2 is 1.81 bits per heavy atom. The highest BCUT2D eigenvalue weighted by molar-refractivity contribution is 8.43. The second kappa shape index (κ2) is 7.13. The first-order valence-electron chi connectivity index (χ1n) is 3.80. The Bertz CT molecular complexity index is 433. The standard InChI is InChI=1S/C6H5N3.CH2O.H3O3PS/c1-2-4-6-5(3-1)7-9-8-6;1-2;1-4(2,3)5/h1-4H,(H,7,8,9);1H2;(H3,1,2,3,5). The molecule has 0 amide bonds. The largest absolute Gasteiger partial charge is 0.380 e. The highest BCUT2D eigenvalue weighted by atomic mass is 32.7. The number of carbonyl (C=O) groups is 1. The number of benzene rings is 1. The fraction of sp³-hybridized carbons (Fsp3) is 0. The van der Waals surface area contributed by atoms with Crippen molar-refractivity contribution in [3.05, 3.63) is 24.3 Å². The lowest BCUT2D eigenvalue weighted by atomic mass is 10.3. The molecule has 9 heteroatoms. The van der Waals surface area contributed by atoms with E-state index in [9.17, 15) is 4.57 Å². The molecular weight excluding hydrogens is 253 g/mol. The van der Waals surface area contributed by atoms with E-state index in [1.54, 1.807) is 0 Å². The number of H-pyrrole nitrogens is 1. The molecule has 2 rings (SSSR count). The van der Waals surface area contributed by atoms with Gasteiger partial charge in [0.2, 0.25) is 0 Å². The Balaban J connectivity index is 0.000000280. The first-order valence-corrected chi connectivity index (χ1v) is 6.56. The molecule has 1 heterocycles. The first-order chi connectivity index (χ1) is 7.47. The van der Waals surface area contributed by atoms with Crippen molar-refractivity contribution in [2.75, 3.05) is 0 Å². The van der Waals surface area contributed by atoms with Crippen LogP contribution in [0.1, 0.15) is 0 Å². The number of para-hydroxylation sites is 1. The minimum atomic E-state index is -3.94. The second-order valence-electron chi connectivity index (χ2n) is 2.34. The van der Waals surface area contributed by atoms with Crippen LogP contribution in [0.4, 0.5) is 0 Å². The van der Waals surface area contributed by atoms with E-state index >= 15 is 0 Å². The average molecular weight is 263 g/mol. The van der Waals surface area contributed by atoms with Gasteiger partial charge in [-0.2, -0.15) is 0 Å². The summed E-state index contributed by atoms with van der Waals surface area (Å²) >= 11 is 2.79. The maximum atomic E-state index is 9.19. The number of aromatic amines is 1. The lowest BCUT2D eigenvalue weighted by molar-refractivity contribution is -0.0979. The lowest BCUT2D eigenvalue weighted by Gasteiger charge is -1.82. The highest BCUT2D eigenvalue weighted by Gasteiger charge is 1.97. The van der Waals surface area contributed by atoms with Gasteiger partial charge in [0, 0.05) is 0 Å². The molecule has 0 bridgehead atoms. The minimum Gasteiger partial charge on any atom is -0.317 e. The third-order valence-corrected chi connectivity index (χ3v) is 1.23. The summed E-state index contributed by atoms with van der Waals surface area (Å²) in [5.74, 6) is 0. The number of aromatic nitrogens is 3. The predicted octanol–water partition coefficient (Wildman–Crippen LogP) is 0.782. The molecule has 0 atom stereocenters. The molecule has 2 aromatic rings. The Morgan fingerprint density at radius 3 is 2.31 bits per heavy atom. The van der Waals surface area contributed by atoms with Gasteiger partial charge in [-0.15, -0.1) is 5.10 Å². The number of nitrogens with zero attached hydrogens (tertiary/aromatic N) is 2. The van der Waals surface area contributed by atoms with Crippen molar-refractivity contribution < 1.29 is 19.1 Å². The summed E-state index contributed by atoms with van der Waals surface area (Å²) in [6.07, 6.45) is 0. The zero-order valence-corrected chi connectivity index (χ0v) is 9.81. The molecule has 3 N–H and O–H groups in total. The van der Waals surface area contributed by atoms with Gasteiger partial charge >= 0.3 is 6.80 Å². The Kier molecular flexibility index (Phi) is 6.59. The summed E-state index contributed by atoms with van der Waals surface area (Å²) < 4.78 is 9.19. The average Bonchev–Trinajstić information content (AvgIpc) is 2.66. The van der Waals surface area contributed by atoms with E-state index in [0.717, 1.165) is 11.0 Å². The smallest absolute Gasteiger partial charge is 0.317 e. The van der Waals surface area contributed by atoms with E-state index in [-0.39, 0.29) is 0 Å². The van der Waals surface area contributed by atoms with Crippen molar-refractivity contribution in [3.8, 4) is 0 Å². The zero-order valence-electron chi connectivity index (χ0n) is 8.02. The van der Waals surface area contributed by atoms with Gasteiger partial charge in [0.25, 0.3) is 0 Å². The zero-order chi connectivity index (χ0) is 12.6. The topological polar surface area (TPSA) is 116 Å². The molecule has 0 aliphatic carbocycles. The fourth-order valence-electron chi connectivity index (χ4n) is 0.788. The van der Waals surface area contributed by atoms with Crippen LogP contribution in [0.2, 0.25) is 0 Å². The fourth-order valence-corrected chi connectivity index (χ4v) is 0.788. The molecule has 0 radical (unpaired) electrons. The van der Waals surface area contributed by atoms with Crippen molar-refractivity contribution in [1.82, 2.24) is 15.4 Å². The number of fused-ring (bicyclic) bond motifs is 1. The summed E-state index contributed by atoms with van der Waals surface area (Å²) in [6.45, 7) is -1.94. The van der Waals surface area contributed by atoms with E-state index in [4.69, 9.17) is 14.6 Å². The van der Waals surface area contributed by atoms with Gasteiger partial charge in [0.15, 0.2) is 0 Å². The Hall–Kier alpha value is -1.21. The normalized spacial score (nSPS) is 9.69. The molecule has 1 aromatic heterocycles. The SMILES string of the molecule is C=O.O=P(O)(O)S.c1ccc2[nH]nnc2c1. The van der Waals surface area contributed by atoms with Crippen LogP contribution in [0.5, 0.6) is 0 Å². The van der Waals surface area contributed by atoms with E-state index < -0.39 is 6.80 Å². The number of nitrogens with one attached hydrogen (secondary N) is 1. The van der Waals surface area contributed by atoms with Crippen LogP contribution >= 0.6 is 19.0 Å². The second-order valence-corrected chi connectivity index (χ2v) is 4.93. The van der Waals surface area contributed by atoms with Crippen LogP contribution in [0, 0.1) is 0 Å². The third-order valence-electron chi connectivity index (χ3n) is 1.23. The lowest BCUT2D eigenvalue weighted by Crippen LogP contribution is -1.63. The number of rotatable bonds is 0. The van der Waals surface area contributed by atoms with Crippen molar-refractivity contribution in [2.45, 2.75) is 0 Å². The van der Waals surface area contributed by atoms with E-state index in [1.165, 1.54) is 0 Å². The molecule has 0 aliphatic heterocycles. The number of thiol groups is 1. The summed E-state index contributed by atoms with van der Waals surface area (Å²) in [5.41, 5.74) is 1.90. The monoisotopic (exact) mass is 263 g/mol. The Labute approximate surface area is 96.2 Å². The van der Waals surface area contributed by atoms with Crippen molar-refractivity contribution in [2.24, 2.45) is 0 Å². The van der Waals surface area contributed by atoms with Gasteiger partial charge in [-0.25, -0.2) is 4.57 Å². The van der Waals surface area contributed by atoms with Crippen LogP contribution in [0.3, 0.4) is 0 Å². The molecule has 16 heavy (non-hydrogen) atoms. The van der Waals surface area contributed by atoms with Crippen molar-refractivity contribution >= 4 is 36.9 Å². The van der Waals surface area contributed by atoms with Crippen LogP contribution in [0.15, 0.2) is 24.3 Å². The maximum Gasteiger partial charge on any atom is 0.380 e. The maximum absolute atomic E-state index is 9.19. The number of hydrogen-bond donors (Lipinski definition) is 4. The molecule has 1 aromatic carbocycles. The quantitative estimate of drug-likeness (QED) is 0.412. The summed E-state index contributed by atoms with van der Waals surface area (Å²) in [6, 6.07) is 7.74. The molecule has 0 fully saturated rings. The minimum absolute atomic E-state index is 0.914. The van der Waals surface area contributed by atoms with Gasteiger partial charge < -0.3 is 14.6 Å². The molecule has 7 nitrogen and oxygen atoms in total. The van der Waals surface area contributed by atoms with Gasteiger partial charge in [0.1, 0.15) is 12.3 Å². The van der Waals surface area contributed by atoms with Crippen LogP contribution < -0.4 is 0 Å². The van der Waals surface area contributed by atoms with Gasteiger partial charge in [-0.3, -0.25) is 5.10 Å². The molecule has 0 unspecified atom stereocenters. The third kappa shape index (κ3) is 7.13. The number of carbonyl (C=O) groups excluding carboxylic acids is 1. The molecule has 0 aliphatic rings. The van der Waals surface area contributed by atoms with E-state index in [2.05, 4.69) is 27.7 Å². The molecular formula is C7H10N3O4PS. The van der Waals surface area contributed by atoms with E-state index in [0.29, 0.717) is 0 Å². The van der Waals surface area contributed by atoms with E-state index in [1.807, 2.05) is 31.1 Å². The Morgan fingerprint density at radius 1 is 1.31 bits per heavy atom. The highest BCUT2D eigenvalue weighted by Crippen LogP contribution is 2.39.